The zero-order chi connectivity index (χ0) is 35.2. The molecule has 0 spiro atoms. The molecule has 9 unspecified atom stereocenters. The van der Waals surface area contributed by atoms with Gasteiger partial charge in [0.2, 0.25) is 5.91 Å². The second-order valence-corrected chi connectivity index (χ2v) is 18.1. The number of fused-ring (bicyclic) bond motifs is 5. The van der Waals surface area contributed by atoms with E-state index in [4.69, 9.17) is 16.2 Å². The summed E-state index contributed by atoms with van der Waals surface area (Å²) in [5.74, 6) is 5.75. The van der Waals surface area contributed by atoms with E-state index >= 15 is 0 Å². The normalized spacial score (nSPS) is 33.9. The van der Waals surface area contributed by atoms with Crippen LogP contribution in [0, 0.1) is 52.3 Å². The predicted octanol–water partition coefficient (Wildman–Crippen LogP) is 9.05. The molecular weight excluding hydrogens is 594 g/mol. The van der Waals surface area contributed by atoms with Crippen molar-refractivity contribution in [1.82, 2.24) is 4.90 Å². The van der Waals surface area contributed by atoms with Gasteiger partial charge < -0.3 is 21.1 Å². The molecule has 6 nitrogen and oxygen atoms in total. The van der Waals surface area contributed by atoms with Gasteiger partial charge in [-0.1, -0.05) is 66.0 Å². The molecule has 0 aliphatic heterocycles. The van der Waals surface area contributed by atoms with Crippen LogP contribution in [0.15, 0.2) is 11.6 Å². The summed E-state index contributed by atoms with van der Waals surface area (Å²) < 4.78 is 6.07. The van der Waals surface area contributed by atoms with Crippen molar-refractivity contribution in [3.8, 4) is 0 Å². The maximum atomic E-state index is 13.0. The fraction of sp³-hybridized carbons (Fsp3) is 0.905. The van der Waals surface area contributed by atoms with E-state index in [0.29, 0.717) is 37.8 Å². The number of hydrogen-bond donors (Lipinski definition) is 2. The van der Waals surface area contributed by atoms with Crippen molar-refractivity contribution in [3.05, 3.63) is 11.6 Å². The first-order chi connectivity index (χ1) is 22.7. The molecule has 4 rings (SSSR count). The third-order valence-electron chi connectivity index (χ3n) is 14.4. The van der Waals surface area contributed by atoms with Crippen LogP contribution in [0.3, 0.4) is 0 Å². The number of carbonyl (C=O) groups is 2. The van der Waals surface area contributed by atoms with Gasteiger partial charge in [-0.2, -0.15) is 0 Å². The Morgan fingerprint density at radius 1 is 0.896 bits per heavy atom. The van der Waals surface area contributed by atoms with Gasteiger partial charge >= 0.3 is 5.97 Å². The van der Waals surface area contributed by atoms with Gasteiger partial charge in [-0.25, -0.2) is 0 Å². The molecule has 11 atom stereocenters. The molecule has 0 bridgehead atoms. The average Bonchev–Trinajstić information content (AvgIpc) is 3.38. The lowest BCUT2D eigenvalue weighted by Crippen LogP contribution is -2.51. The summed E-state index contributed by atoms with van der Waals surface area (Å²) in [5, 5.41) is 0. The molecule has 4 aliphatic rings. The highest BCUT2D eigenvalue weighted by Gasteiger charge is 2.59. The lowest BCUT2D eigenvalue weighted by atomic mass is 9.47. The summed E-state index contributed by atoms with van der Waals surface area (Å²) in [6.07, 6.45) is 19.2. The maximum absolute atomic E-state index is 13.0. The summed E-state index contributed by atoms with van der Waals surface area (Å²) in [4.78, 5) is 27.8. The molecule has 0 saturated heterocycles. The maximum Gasteiger partial charge on any atom is 0.306 e. The minimum Gasteiger partial charge on any atom is -0.462 e. The van der Waals surface area contributed by atoms with Crippen LogP contribution in [0.25, 0.3) is 0 Å². The molecule has 3 fully saturated rings. The third-order valence-corrected chi connectivity index (χ3v) is 14.4. The van der Waals surface area contributed by atoms with Crippen LogP contribution < -0.4 is 11.5 Å². The summed E-state index contributed by atoms with van der Waals surface area (Å²) >= 11 is 0. The monoisotopic (exact) mass is 670 g/mol. The standard InChI is InChI=1S/C42H75N3O3/c1-9-32(28(2)3)14-13-29(4)36-17-18-37-35-16-15-33-27-34(19-23-41(33,7)38(35)20-24-42(36,37)8)48-40(47)12-10-11-39(46)45(25-21-30(5)43)26-22-31(6)44/h15,28-32,34-38H,9-14,16-27,43-44H2,1-8H3/t29-,30?,31?,32-,34?,35?,36?,37?,38?,41?,42?/m1/s1. The Kier molecular flexibility index (Phi) is 14.1. The smallest absolute Gasteiger partial charge is 0.306 e. The minimum absolute atomic E-state index is 0.0268. The van der Waals surface area contributed by atoms with Crippen LogP contribution in [-0.4, -0.2) is 48.1 Å². The first-order valence-electron chi connectivity index (χ1n) is 20.4. The quantitative estimate of drug-likeness (QED) is 0.119. The molecule has 276 valence electrons. The fourth-order valence-corrected chi connectivity index (χ4v) is 11.3. The predicted molar refractivity (Wildman–Crippen MR) is 199 cm³/mol. The summed E-state index contributed by atoms with van der Waals surface area (Å²) in [7, 11) is 0. The number of hydrogen-bond acceptors (Lipinski definition) is 5. The number of carbonyl (C=O) groups excluding carboxylic acids is 2. The zero-order valence-corrected chi connectivity index (χ0v) is 32.4. The molecule has 4 aliphatic carbocycles. The van der Waals surface area contributed by atoms with Crippen LogP contribution in [0.2, 0.25) is 0 Å². The second-order valence-electron chi connectivity index (χ2n) is 18.1. The highest BCUT2D eigenvalue weighted by Crippen LogP contribution is 2.67. The number of esters is 1. The van der Waals surface area contributed by atoms with Crippen LogP contribution in [-0.2, 0) is 14.3 Å². The molecule has 0 radical (unpaired) electrons. The van der Waals surface area contributed by atoms with Crippen LogP contribution in [0.1, 0.15) is 158 Å². The average molecular weight is 670 g/mol. The Morgan fingerprint density at radius 3 is 2.21 bits per heavy atom. The molecule has 4 N–H and O–H groups in total. The Labute approximate surface area is 295 Å². The Hall–Kier alpha value is -1.40. The van der Waals surface area contributed by atoms with Crippen molar-refractivity contribution in [2.24, 2.45) is 63.7 Å². The molecule has 0 aromatic heterocycles. The van der Waals surface area contributed by atoms with Crippen molar-refractivity contribution in [2.45, 2.75) is 176 Å². The topological polar surface area (TPSA) is 98.7 Å². The first-order valence-corrected chi connectivity index (χ1v) is 20.4. The van der Waals surface area contributed by atoms with E-state index < -0.39 is 0 Å². The second kappa shape index (κ2) is 17.2. The summed E-state index contributed by atoms with van der Waals surface area (Å²) in [6, 6.07) is 0.0989. The summed E-state index contributed by atoms with van der Waals surface area (Å²) in [6.45, 7) is 20.2. The lowest BCUT2D eigenvalue weighted by molar-refractivity contribution is -0.151. The summed E-state index contributed by atoms with van der Waals surface area (Å²) in [5.41, 5.74) is 14.2. The van der Waals surface area contributed by atoms with Crippen molar-refractivity contribution in [2.75, 3.05) is 13.1 Å². The van der Waals surface area contributed by atoms with Crippen LogP contribution in [0.5, 0.6) is 0 Å². The van der Waals surface area contributed by atoms with Gasteiger partial charge in [0.05, 0.1) is 0 Å². The van der Waals surface area contributed by atoms with Gasteiger partial charge in [-0.3, -0.25) is 9.59 Å². The third kappa shape index (κ3) is 9.28. The SMILES string of the molecule is CC[C@H](CC[C@@H](C)C1CCC2C3CC=C4CC(OC(=O)CCCC(=O)N(CCC(C)N)CCC(C)N)CCC4(C)C3CCC21C)C(C)C. The van der Waals surface area contributed by atoms with E-state index in [9.17, 15) is 9.59 Å². The van der Waals surface area contributed by atoms with Crippen molar-refractivity contribution in [3.63, 3.8) is 0 Å². The van der Waals surface area contributed by atoms with Gasteiger partial charge in [0, 0.05) is 44.4 Å². The van der Waals surface area contributed by atoms with Gasteiger partial charge in [-0.05, 0) is 137 Å². The minimum atomic E-state index is -0.151. The highest BCUT2D eigenvalue weighted by atomic mass is 16.5. The van der Waals surface area contributed by atoms with Gasteiger partial charge in [0.15, 0.2) is 0 Å². The Bertz CT molecular complexity index is 1070. The van der Waals surface area contributed by atoms with E-state index in [1.54, 1.807) is 5.57 Å². The van der Waals surface area contributed by atoms with Crippen molar-refractivity contribution >= 4 is 11.9 Å². The number of rotatable bonds is 17. The van der Waals surface area contributed by atoms with Crippen molar-refractivity contribution < 1.29 is 14.3 Å². The van der Waals surface area contributed by atoms with E-state index in [1.807, 2.05) is 18.7 Å². The van der Waals surface area contributed by atoms with Gasteiger partial charge in [0.1, 0.15) is 6.10 Å². The van der Waals surface area contributed by atoms with Gasteiger partial charge in [0.25, 0.3) is 0 Å². The molecule has 0 aromatic rings. The van der Waals surface area contributed by atoms with E-state index in [1.165, 1.54) is 51.4 Å². The molecule has 3 saturated carbocycles. The van der Waals surface area contributed by atoms with E-state index in [0.717, 1.165) is 73.5 Å². The Balaban J connectivity index is 1.28. The van der Waals surface area contributed by atoms with Crippen molar-refractivity contribution in [1.29, 1.82) is 0 Å². The van der Waals surface area contributed by atoms with E-state index in [-0.39, 0.29) is 35.5 Å². The molecule has 48 heavy (non-hydrogen) atoms. The first kappa shape index (κ1) is 39.4. The number of nitrogens with zero attached hydrogens (tertiary/aromatic N) is 1. The molecule has 6 heteroatoms. The highest BCUT2D eigenvalue weighted by molar-refractivity contribution is 5.77. The van der Waals surface area contributed by atoms with E-state index in [2.05, 4.69) is 47.6 Å². The van der Waals surface area contributed by atoms with Crippen LogP contribution >= 0.6 is 0 Å². The largest absolute Gasteiger partial charge is 0.462 e. The number of nitrogens with two attached hydrogens (primary N) is 2. The number of ether oxygens (including phenoxy) is 1. The Morgan fingerprint density at radius 2 is 1.58 bits per heavy atom. The molecular formula is C42H75N3O3. The number of amides is 1. The molecule has 0 heterocycles. The molecule has 1 amide bonds. The zero-order valence-electron chi connectivity index (χ0n) is 32.4. The van der Waals surface area contributed by atoms with Gasteiger partial charge in [-0.15, -0.1) is 0 Å². The number of allylic oxidation sites excluding steroid dienone is 1. The van der Waals surface area contributed by atoms with Crippen LogP contribution in [0.4, 0.5) is 0 Å². The lowest BCUT2D eigenvalue weighted by Gasteiger charge is -2.58. The fourth-order valence-electron chi connectivity index (χ4n) is 11.3. The molecule has 0 aromatic carbocycles.